The van der Waals surface area contributed by atoms with Crippen molar-refractivity contribution in [3.63, 3.8) is 0 Å². The maximum atomic E-state index is 11.9. The van der Waals surface area contributed by atoms with Crippen molar-refractivity contribution in [1.82, 2.24) is 10.2 Å². The monoisotopic (exact) mass is 272 g/mol. The molecule has 0 aromatic carbocycles. The Kier molecular flexibility index (Phi) is 4.74. The Balaban J connectivity index is 2.60. The molecule has 108 valence electrons. The zero-order chi connectivity index (χ0) is 14.6. The van der Waals surface area contributed by atoms with Crippen molar-refractivity contribution in [2.24, 2.45) is 0 Å². The maximum Gasteiger partial charge on any atom is 0.410 e. The Morgan fingerprint density at radius 2 is 2.00 bits per heavy atom. The number of nitrogens with zero attached hydrogens (tertiary/aromatic N) is 1. The van der Waals surface area contributed by atoms with E-state index in [1.54, 1.807) is 20.8 Å². The highest BCUT2D eigenvalue weighted by atomic mass is 16.6. The van der Waals surface area contributed by atoms with Crippen molar-refractivity contribution in [1.29, 1.82) is 0 Å². The van der Waals surface area contributed by atoms with Crippen molar-refractivity contribution >= 4 is 18.0 Å². The van der Waals surface area contributed by atoms with Crippen LogP contribution >= 0.6 is 0 Å². The topological polar surface area (TPSA) is 95.9 Å². The molecule has 1 aliphatic heterocycles. The Morgan fingerprint density at radius 1 is 1.37 bits per heavy atom. The van der Waals surface area contributed by atoms with E-state index >= 15 is 0 Å². The lowest BCUT2D eigenvalue weighted by Crippen LogP contribution is -2.48. The van der Waals surface area contributed by atoms with Crippen LogP contribution in [0.1, 0.15) is 33.6 Å². The number of ether oxygens (including phenoxy) is 1. The minimum absolute atomic E-state index is 0.445. The number of rotatable bonds is 3. The molecule has 1 fully saturated rings. The molecule has 0 saturated carbocycles. The number of amides is 2. The van der Waals surface area contributed by atoms with E-state index in [4.69, 9.17) is 9.84 Å². The molecule has 1 rings (SSSR count). The first-order valence-electron chi connectivity index (χ1n) is 6.20. The van der Waals surface area contributed by atoms with E-state index in [-0.39, 0.29) is 0 Å². The Morgan fingerprint density at radius 3 is 2.53 bits per heavy atom. The van der Waals surface area contributed by atoms with Gasteiger partial charge in [-0.15, -0.1) is 0 Å². The van der Waals surface area contributed by atoms with Crippen LogP contribution in [-0.4, -0.2) is 52.7 Å². The molecule has 7 nitrogen and oxygen atoms in total. The summed E-state index contributed by atoms with van der Waals surface area (Å²) in [5, 5.41) is 10.8. The van der Waals surface area contributed by atoms with Crippen LogP contribution in [0.15, 0.2) is 0 Å². The molecule has 0 aliphatic carbocycles. The second-order valence-corrected chi connectivity index (χ2v) is 5.44. The third-order valence-corrected chi connectivity index (χ3v) is 2.60. The first-order chi connectivity index (χ1) is 8.70. The fraction of sp³-hybridized carbons (Fsp3) is 0.750. The number of hydrogen-bond donors (Lipinski definition) is 2. The van der Waals surface area contributed by atoms with Gasteiger partial charge in [-0.1, -0.05) is 0 Å². The highest BCUT2D eigenvalue weighted by molar-refractivity contribution is 5.88. The van der Waals surface area contributed by atoms with E-state index in [1.807, 2.05) is 0 Å². The van der Waals surface area contributed by atoms with E-state index in [9.17, 15) is 14.4 Å². The number of likely N-dealkylation sites (tertiary alicyclic amines) is 1. The van der Waals surface area contributed by atoms with Gasteiger partial charge in [0.25, 0.3) is 0 Å². The van der Waals surface area contributed by atoms with Gasteiger partial charge in [-0.3, -0.25) is 14.5 Å². The number of carbonyl (C=O) groups excluding carboxylic acids is 2. The highest BCUT2D eigenvalue weighted by Crippen LogP contribution is 2.20. The van der Waals surface area contributed by atoms with Crippen molar-refractivity contribution in [3.8, 4) is 0 Å². The molecule has 7 heteroatoms. The number of carbonyl (C=O) groups is 3. The normalized spacial score (nSPS) is 19.1. The quantitative estimate of drug-likeness (QED) is 0.783. The summed E-state index contributed by atoms with van der Waals surface area (Å²) in [6.45, 7) is 5.25. The number of hydrogen-bond acceptors (Lipinski definition) is 4. The zero-order valence-electron chi connectivity index (χ0n) is 11.4. The summed E-state index contributed by atoms with van der Waals surface area (Å²) in [6, 6.07) is -0.644. The molecular formula is C12H20N2O5. The molecule has 0 aromatic heterocycles. The molecular weight excluding hydrogens is 252 g/mol. The first-order valence-corrected chi connectivity index (χ1v) is 6.20. The van der Waals surface area contributed by atoms with Gasteiger partial charge in [0.1, 0.15) is 18.2 Å². The summed E-state index contributed by atoms with van der Waals surface area (Å²) in [5.74, 6) is -1.57. The maximum absolute atomic E-state index is 11.9. The van der Waals surface area contributed by atoms with Crippen LogP contribution < -0.4 is 5.32 Å². The summed E-state index contributed by atoms with van der Waals surface area (Å²) >= 11 is 0. The van der Waals surface area contributed by atoms with Crippen LogP contribution in [0.5, 0.6) is 0 Å². The summed E-state index contributed by atoms with van der Waals surface area (Å²) < 4.78 is 5.22. The summed E-state index contributed by atoms with van der Waals surface area (Å²) in [4.78, 5) is 35.5. The average Bonchev–Trinajstić information content (AvgIpc) is 2.72. The number of aliphatic carboxylic acids is 1. The Bertz CT molecular complexity index is 375. The molecule has 0 bridgehead atoms. The van der Waals surface area contributed by atoms with Crippen LogP contribution in [0, 0.1) is 0 Å². The van der Waals surface area contributed by atoms with Gasteiger partial charge in [-0.2, -0.15) is 0 Å². The van der Waals surface area contributed by atoms with Crippen molar-refractivity contribution < 1.29 is 24.2 Å². The predicted octanol–water partition coefficient (Wildman–Crippen LogP) is 0.587. The first kappa shape index (κ1) is 15.3. The van der Waals surface area contributed by atoms with Crippen LogP contribution in [-0.2, 0) is 14.3 Å². The van der Waals surface area contributed by atoms with Gasteiger partial charge < -0.3 is 15.2 Å². The molecule has 1 saturated heterocycles. The molecule has 0 spiro atoms. The van der Waals surface area contributed by atoms with Gasteiger partial charge in [0.2, 0.25) is 5.91 Å². The molecule has 1 aliphatic rings. The highest BCUT2D eigenvalue weighted by Gasteiger charge is 2.36. The molecule has 2 N–H and O–H groups in total. The lowest BCUT2D eigenvalue weighted by atomic mass is 10.2. The lowest BCUT2D eigenvalue weighted by Gasteiger charge is -2.27. The van der Waals surface area contributed by atoms with E-state index < -0.39 is 36.2 Å². The van der Waals surface area contributed by atoms with Gasteiger partial charge in [0.05, 0.1) is 0 Å². The standard InChI is InChI=1S/C12H20N2O5/c1-12(2,3)19-11(18)14-6-4-5-8(14)10(17)13-7-9(15)16/h8H,4-7H2,1-3H3,(H,13,17)(H,15,16)/t8-/m0/s1. The molecule has 1 heterocycles. The number of carboxylic acids is 1. The molecule has 0 aromatic rings. The van der Waals surface area contributed by atoms with Gasteiger partial charge >= 0.3 is 12.1 Å². The van der Waals surface area contributed by atoms with Crippen molar-refractivity contribution in [2.45, 2.75) is 45.3 Å². The van der Waals surface area contributed by atoms with Crippen LogP contribution in [0.4, 0.5) is 4.79 Å². The van der Waals surface area contributed by atoms with Crippen LogP contribution in [0.3, 0.4) is 0 Å². The van der Waals surface area contributed by atoms with E-state index in [2.05, 4.69) is 5.32 Å². The van der Waals surface area contributed by atoms with Crippen LogP contribution in [0.25, 0.3) is 0 Å². The van der Waals surface area contributed by atoms with Gasteiger partial charge in [-0.05, 0) is 33.6 Å². The van der Waals surface area contributed by atoms with Crippen molar-refractivity contribution in [3.05, 3.63) is 0 Å². The van der Waals surface area contributed by atoms with Gasteiger partial charge in [0.15, 0.2) is 0 Å². The number of carboxylic acid groups (broad SMARTS) is 1. The summed E-state index contributed by atoms with van der Waals surface area (Å²) in [7, 11) is 0. The molecule has 2 amide bonds. The van der Waals surface area contributed by atoms with E-state index in [0.717, 1.165) is 0 Å². The smallest absolute Gasteiger partial charge is 0.410 e. The Hall–Kier alpha value is -1.79. The fourth-order valence-electron chi connectivity index (χ4n) is 1.86. The van der Waals surface area contributed by atoms with E-state index in [1.165, 1.54) is 4.90 Å². The van der Waals surface area contributed by atoms with E-state index in [0.29, 0.717) is 19.4 Å². The molecule has 0 radical (unpaired) electrons. The molecule has 1 atom stereocenters. The third-order valence-electron chi connectivity index (χ3n) is 2.60. The average molecular weight is 272 g/mol. The third kappa shape index (κ3) is 4.76. The molecule has 0 unspecified atom stereocenters. The van der Waals surface area contributed by atoms with Gasteiger partial charge in [-0.25, -0.2) is 4.79 Å². The fourth-order valence-corrected chi connectivity index (χ4v) is 1.86. The van der Waals surface area contributed by atoms with Crippen molar-refractivity contribution in [2.75, 3.05) is 13.1 Å². The second-order valence-electron chi connectivity index (χ2n) is 5.44. The minimum atomic E-state index is -1.12. The largest absolute Gasteiger partial charge is 0.480 e. The second kappa shape index (κ2) is 5.90. The number of nitrogens with one attached hydrogen (secondary N) is 1. The predicted molar refractivity (Wildman–Crippen MR) is 66.6 cm³/mol. The summed E-state index contributed by atoms with van der Waals surface area (Å²) in [5.41, 5.74) is -0.623. The lowest BCUT2D eigenvalue weighted by molar-refractivity contribution is -0.138. The van der Waals surface area contributed by atoms with Crippen LogP contribution in [0.2, 0.25) is 0 Å². The Labute approximate surface area is 111 Å². The SMILES string of the molecule is CC(C)(C)OC(=O)N1CCC[C@H]1C(=O)NCC(=O)O. The molecule has 19 heavy (non-hydrogen) atoms. The van der Waals surface area contributed by atoms with Gasteiger partial charge in [0, 0.05) is 6.54 Å². The minimum Gasteiger partial charge on any atom is -0.480 e. The zero-order valence-corrected chi connectivity index (χ0v) is 11.4. The summed E-state index contributed by atoms with van der Waals surface area (Å²) in [6.07, 6.45) is 0.676.